The predicted molar refractivity (Wildman–Crippen MR) is 82.6 cm³/mol. The molecule has 2 aromatic rings. The van der Waals surface area contributed by atoms with Gasteiger partial charge in [-0.05, 0) is 39.7 Å². The highest BCUT2D eigenvalue weighted by atomic mass is 32.1. The lowest BCUT2D eigenvalue weighted by molar-refractivity contribution is -0.145. The Bertz CT molecular complexity index is 657. The average Bonchev–Trinajstić information content (AvgIpc) is 3.02. The summed E-state index contributed by atoms with van der Waals surface area (Å²) in [6.07, 6.45) is 1.79. The zero-order valence-electron chi connectivity index (χ0n) is 11.9. The first-order valence-corrected chi connectivity index (χ1v) is 8.47. The number of esters is 1. The fourth-order valence-corrected chi connectivity index (χ4v) is 4.86. The Balaban J connectivity index is 1.94. The highest BCUT2D eigenvalue weighted by Gasteiger charge is 2.33. The number of thiazole rings is 1. The maximum absolute atomic E-state index is 12.0. The first-order chi connectivity index (χ1) is 9.60. The molecular formula is C15H17NO2S2. The van der Waals surface area contributed by atoms with Gasteiger partial charge in [0.15, 0.2) is 0 Å². The molecule has 2 heterocycles. The van der Waals surface area contributed by atoms with E-state index in [0.717, 1.165) is 23.5 Å². The first-order valence-electron chi connectivity index (χ1n) is 6.83. The summed E-state index contributed by atoms with van der Waals surface area (Å²) in [5.41, 5.74) is 2.17. The molecule has 0 aromatic carbocycles. The number of rotatable bonds is 3. The van der Waals surface area contributed by atoms with Crippen LogP contribution in [0.2, 0.25) is 0 Å². The molecule has 106 valence electrons. The lowest BCUT2D eigenvalue weighted by atomic mass is 10.1. The van der Waals surface area contributed by atoms with Crippen LogP contribution in [0.5, 0.6) is 0 Å². The Kier molecular flexibility index (Phi) is 3.65. The number of nitrogens with zero attached hydrogens (tertiary/aromatic N) is 1. The van der Waals surface area contributed by atoms with Gasteiger partial charge in [-0.15, -0.1) is 22.7 Å². The van der Waals surface area contributed by atoms with E-state index in [1.165, 1.54) is 20.2 Å². The normalized spacial score (nSPS) is 17.2. The van der Waals surface area contributed by atoms with Crippen LogP contribution in [0.25, 0.3) is 10.6 Å². The van der Waals surface area contributed by atoms with Crippen LogP contribution in [0.1, 0.15) is 39.6 Å². The summed E-state index contributed by atoms with van der Waals surface area (Å²) < 4.78 is 5.15. The predicted octanol–water partition coefficient (Wildman–Crippen LogP) is 4.08. The van der Waals surface area contributed by atoms with Gasteiger partial charge in [0.1, 0.15) is 10.9 Å². The van der Waals surface area contributed by atoms with Crippen LogP contribution in [-0.4, -0.2) is 17.6 Å². The Morgan fingerprint density at radius 1 is 1.45 bits per heavy atom. The Morgan fingerprint density at radius 2 is 2.25 bits per heavy atom. The summed E-state index contributed by atoms with van der Waals surface area (Å²) in [6, 6.07) is 2.19. The molecule has 1 aliphatic rings. The fourth-order valence-electron chi connectivity index (χ4n) is 2.66. The van der Waals surface area contributed by atoms with Gasteiger partial charge in [-0.25, -0.2) is 4.98 Å². The van der Waals surface area contributed by atoms with Crippen molar-refractivity contribution in [3.63, 3.8) is 0 Å². The van der Waals surface area contributed by atoms with E-state index in [2.05, 4.69) is 19.9 Å². The number of carbonyl (C=O) groups is 1. The van der Waals surface area contributed by atoms with E-state index in [-0.39, 0.29) is 11.9 Å². The van der Waals surface area contributed by atoms with Gasteiger partial charge in [0.05, 0.1) is 12.3 Å². The van der Waals surface area contributed by atoms with Gasteiger partial charge >= 0.3 is 5.97 Å². The first kappa shape index (κ1) is 13.8. The van der Waals surface area contributed by atoms with Crippen molar-refractivity contribution in [1.82, 2.24) is 4.98 Å². The molecule has 0 fully saturated rings. The molecule has 5 heteroatoms. The fraction of sp³-hybridized carbons (Fsp3) is 0.467. The van der Waals surface area contributed by atoms with Crippen molar-refractivity contribution >= 4 is 28.6 Å². The van der Waals surface area contributed by atoms with Gasteiger partial charge in [0.25, 0.3) is 0 Å². The molecule has 0 aliphatic heterocycles. The molecule has 3 nitrogen and oxygen atoms in total. The van der Waals surface area contributed by atoms with E-state index < -0.39 is 0 Å². The summed E-state index contributed by atoms with van der Waals surface area (Å²) in [6.45, 7) is 6.52. The number of thiophene rings is 1. The summed E-state index contributed by atoms with van der Waals surface area (Å²) in [7, 11) is 0. The largest absolute Gasteiger partial charge is 0.465 e. The molecule has 1 unspecified atom stereocenters. The van der Waals surface area contributed by atoms with Crippen molar-refractivity contribution < 1.29 is 9.53 Å². The third-order valence-electron chi connectivity index (χ3n) is 3.56. The van der Waals surface area contributed by atoms with E-state index in [1.54, 1.807) is 22.7 Å². The zero-order chi connectivity index (χ0) is 14.3. The molecule has 0 bridgehead atoms. The molecule has 1 atom stereocenters. The van der Waals surface area contributed by atoms with Gasteiger partial charge in [0.2, 0.25) is 0 Å². The Labute approximate surface area is 126 Å². The van der Waals surface area contributed by atoms with Crippen molar-refractivity contribution in [2.45, 2.75) is 39.5 Å². The maximum atomic E-state index is 12.0. The second kappa shape index (κ2) is 5.30. The third-order valence-corrected chi connectivity index (χ3v) is 5.69. The molecule has 1 aliphatic carbocycles. The van der Waals surface area contributed by atoms with Gasteiger partial charge in [0, 0.05) is 20.2 Å². The van der Waals surface area contributed by atoms with E-state index in [4.69, 9.17) is 9.72 Å². The topological polar surface area (TPSA) is 39.2 Å². The zero-order valence-corrected chi connectivity index (χ0v) is 13.5. The maximum Gasteiger partial charge on any atom is 0.315 e. The van der Waals surface area contributed by atoms with Crippen LogP contribution in [0.15, 0.2) is 6.07 Å². The third kappa shape index (κ3) is 2.29. The number of carbonyl (C=O) groups excluding carboxylic acids is 1. The van der Waals surface area contributed by atoms with Crippen molar-refractivity contribution in [3.8, 4) is 10.6 Å². The number of hydrogen-bond acceptors (Lipinski definition) is 5. The van der Waals surface area contributed by atoms with Crippen LogP contribution in [0, 0.1) is 13.8 Å². The van der Waals surface area contributed by atoms with E-state index in [0.29, 0.717) is 6.61 Å². The molecule has 0 spiro atoms. The van der Waals surface area contributed by atoms with Crippen molar-refractivity contribution in [2.75, 3.05) is 6.61 Å². The van der Waals surface area contributed by atoms with Crippen molar-refractivity contribution in [2.24, 2.45) is 0 Å². The number of aromatic nitrogens is 1. The number of fused-ring (bicyclic) bond motifs is 1. The monoisotopic (exact) mass is 307 g/mol. The van der Waals surface area contributed by atoms with Gasteiger partial charge < -0.3 is 4.74 Å². The lowest BCUT2D eigenvalue weighted by Crippen LogP contribution is -2.14. The molecule has 0 N–H and O–H groups in total. The number of ether oxygens (including phenoxy) is 1. The van der Waals surface area contributed by atoms with Crippen LogP contribution in [0.4, 0.5) is 0 Å². The minimum Gasteiger partial charge on any atom is -0.465 e. The SMILES string of the molecule is CCOC(=O)C1CCc2sc(-c3cc(C)sc3C)nc21. The van der Waals surface area contributed by atoms with E-state index in [9.17, 15) is 4.79 Å². The van der Waals surface area contributed by atoms with Gasteiger partial charge in [-0.3, -0.25) is 4.79 Å². The number of hydrogen-bond donors (Lipinski definition) is 0. The van der Waals surface area contributed by atoms with Crippen LogP contribution >= 0.6 is 22.7 Å². The average molecular weight is 307 g/mol. The molecular weight excluding hydrogens is 290 g/mol. The molecule has 2 aromatic heterocycles. The lowest BCUT2D eigenvalue weighted by Gasteiger charge is -2.07. The molecule has 0 saturated heterocycles. The minimum atomic E-state index is -0.157. The summed E-state index contributed by atoms with van der Waals surface area (Å²) in [5.74, 6) is -0.281. The summed E-state index contributed by atoms with van der Waals surface area (Å²) in [4.78, 5) is 20.6. The minimum absolute atomic E-state index is 0.124. The number of aryl methyl sites for hydroxylation is 3. The van der Waals surface area contributed by atoms with Crippen LogP contribution in [-0.2, 0) is 16.0 Å². The van der Waals surface area contributed by atoms with Crippen LogP contribution in [0.3, 0.4) is 0 Å². The summed E-state index contributed by atoms with van der Waals surface area (Å²) in [5, 5.41) is 1.05. The highest BCUT2D eigenvalue weighted by molar-refractivity contribution is 7.16. The quantitative estimate of drug-likeness (QED) is 0.802. The molecule has 3 rings (SSSR count). The highest BCUT2D eigenvalue weighted by Crippen LogP contribution is 2.42. The molecule has 0 amide bonds. The van der Waals surface area contributed by atoms with Crippen LogP contribution < -0.4 is 0 Å². The Morgan fingerprint density at radius 3 is 2.90 bits per heavy atom. The van der Waals surface area contributed by atoms with Crippen molar-refractivity contribution in [3.05, 3.63) is 26.4 Å². The molecule has 0 radical (unpaired) electrons. The van der Waals surface area contributed by atoms with Crippen molar-refractivity contribution in [1.29, 1.82) is 0 Å². The van der Waals surface area contributed by atoms with Gasteiger partial charge in [-0.2, -0.15) is 0 Å². The summed E-state index contributed by atoms with van der Waals surface area (Å²) >= 11 is 3.52. The Hall–Kier alpha value is -1.20. The van der Waals surface area contributed by atoms with E-state index in [1.807, 2.05) is 6.92 Å². The second-order valence-corrected chi connectivity index (χ2v) is 7.54. The molecule has 0 saturated carbocycles. The smallest absolute Gasteiger partial charge is 0.315 e. The second-order valence-electron chi connectivity index (χ2n) is 5.00. The standard InChI is InChI=1S/C15H17NO2S2/c1-4-18-15(17)10-5-6-12-13(10)16-14(20-12)11-7-8(2)19-9(11)3/h7,10H,4-6H2,1-3H3. The van der Waals surface area contributed by atoms with Gasteiger partial charge in [-0.1, -0.05) is 0 Å². The molecule has 20 heavy (non-hydrogen) atoms. The van der Waals surface area contributed by atoms with E-state index >= 15 is 0 Å².